The molecule has 1 fully saturated rings. The minimum absolute atomic E-state index is 0.0901. The summed E-state index contributed by atoms with van der Waals surface area (Å²) in [6.45, 7) is 2.53. The number of hydrogen-bond acceptors (Lipinski definition) is 9. The molecule has 0 amide bonds. The van der Waals surface area contributed by atoms with Crippen molar-refractivity contribution in [2.45, 2.75) is 50.8 Å². The van der Waals surface area contributed by atoms with Gasteiger partial charge in [-0.1, -0.05) is 0 Å². The summed E-state index contributed by atoms with van der Waals surface area (Å²) in [4.78, 5) is 32.7. The van der Waals surface area contributed by atoms with E-state index in [1.54, 1.807) is 17.1 Å². The van der Waals surface area contributed by atoms with E-state index in [9.17, 15) is 28.2 Å². The van der Waals surface area contributed by atoms with Crippen LogP contribution in [0.2, 0.25) is 0 Å². The molecule has 4 rings (SSSR count). The molecule has 33 heavy (non-hydrogen) atoms. The van der Waals surface area contributed by atoms with Crippen LogP contribution in [0, 0.1) is 0 Å². The highest BCUT2D eigenvalue weighted by molar-refractivity contribution is 7.91. The van der Waals surface area contributed by atoms with E-state index in [-0.39, 0.29) is 17.5 Å². The van der Waals surface area contributed by atoms with E-state index >= 15 is 0 Å². The highest BCUT2D eigenvalue weighted by Crippen LogP contribution is 2.37. The molecule has 0 spiro atoms. The molecule has 13 heteroatoms. The van der Waals surface area contributed by atoms with Crippen molar-refractivity contribution in [3.05, 3.63) is 24.0 Å². The van der Waals surface area contributed by atoms with Gasteiger partial charge in [-0.2, -0.15) is 5.10 Å². The summed E-state index contributed by atoms with van der Waals surface area (Å²) >= 11 is 0. The SMILES string of the molecule is CCn1ncc2c(NC3CCS(=O)(=O)CC3)c(C3=CC(CC(=O)O)(CC(=O)O)ON3)cnc21. The Morgan fingerprint density at radius 3 is 2.52 bits per heavy atom. The van der Waals surface area contributed by atoms with E-state index in [4.69, 9.17) is 4.84 Å². The summed E-state index contributed by atoms with van der Waals surface area (Å²) in [5, 5.41) is 27.0. The van der Waals surface area contributed by atoms with Crippen molar-refractivity contribution in [2.24, 2.45) is 0 Å². The van der Waals surface area contributed by atoms with E-state index in [2.05, 4.69) is 20.9 Å². The summed E-state index contributed by atoms with van der Waals surface area (Å²) in [6, 6.07) is -0.103. The van der Waals surface area contributed by atoms with Gasteiger partial charge in [0.15, 0.2) is 5.65 Å². The number of fused-ring (bicyclic) bond motifs is 1. The number of aromatic nitrogens is 3. The van der Waals surface area contributed by atoms with Gasteiger partial charge < -0.3 is 15.5 Å². The van der Waals surface area contributed by atoms with Crippen LogP contribution in [-0.2, 0) is 30.8 Å². The fourth-order valence-electron chi connectivity index (χ4n) is 4.22. The number of aliphatic carboxylic acids is 2. The van der Waals surface area contributed by atoms with Crippen LogP contribution in [-0.4, -0.2) is 68.5 Å². The van der Waals surface area contributed by atoms with Crippen LogP contribution in [0.3, 0.4) is 0 Å². The number of rotatable bonds is 8. The third-order valence-electron chi connectivity index (χ3n) is 5.83. The Morgan fingerprint density at radius 1 is 1.24 bits per heavy atom. The molecule has 0 saturated carbocycles. The molecule has 1 saturated heterocycles. The lowest BCUT2D eigenvalue weighted by Gasteiger charge is -2.25. The molecule has 2 aliphatic heterocycles. The van der Waals surface area contributed by atoms with Crippen molar-refractivity contribution in [3.63, 3.8) is 0 Å². The number of pyridine rings is 1. The Morgan fingerprint density at radius 2 is 1.91 bits per heavy atom. The monoisotopic (exact) mass is 479 g/mol. The third kappa shape index (κ3) is 4.78. The van der Waals surface area contributed by atoms with E-state index in [1.165, 1.54) is 6.08 Å². The topological polar surface area (TPSA) is 173 Å². The molecule has 0 aromatic carbocycles. The lowest BCUT2D eigenvalue weighted by atomic mass is 9.93. The van der Waals surface area contributed by atoms with Gasteiger partial charge in [-0.3, -0.25) is 19.9 Å². The standard InChI is InChI=1S/C20H25N5O7S/c1-2-25-19-14(11-22-25)18(23-12-3-5-33(30,31)6-4-12)13(10-21-19)15-7-20(32-24-15,8-16(26)27)9-17(28)29/h7,10-12,24H,2-6,8-9H2,1H3,(H,21,23)(H,26,27)(H,28,29). The van der Waals surface area contributed by atoms with Crippen LogP contribution in [0.5, 0.6) is 0 Å². The maximum atomic E-state index is 11.8. The summed E-state index contributed by atoms with van der Waals surface area (Å²) in [5.41, 5.74) is 3.32. The lowest BCUT2D eigenvalue weighted by molar-refractivity contribution is -0.151. The molecule has 178 valence electrons. The maximum absolute atomic E-state index is 11.8. The summed E-state index contributed by atoms with van der Waals surface area (Å²) < 4.78 is 25.4. The smallest absolute Gasteiger partial charge is 0.306 e. The molecule has 12 nitrogen and oxygen atoms in total. The van der Waals surface area contributed by atoms with E-state index in [0.29, 0.717) is 47.4 Å². The lowest BCUT2D eigenvalue weighted by Crippen LogP contribution is -2.35. The normalized spacial score (nSPS) is 19.7. The van der Waals surface area contributed by atoms with Crippen molar-refractivity contribution in [3.8, 4) is 0 Å². The average Bonchev–Trinajstić information content (AvgIpc) is 3.33. The quantitative estimate of drug-likeness (QED) is 0.425. The van der Waals surface area contributed by atoms with Gasteiger partial charge in [-0.15, -0.1) is 0 Å². The number of carboxylic acid groups (broad SMARTS) is 2. The Bertz CT molecular complexity index is 1210. The summed E-state index contributed by atoms with van der Waals surface area (Å²) in [5.74, 6) is -2.22. The number of nitrogens with zero attached hydrogens (tertiary/aromatic N) is 3. The van der Waals surface area contributed by atoms with Gasteiger partial charge in [0.05, 0.1) is 47.3 Å². The van der Waals surface area contributed by atoms with Crippen LogP contribution in [0.4, 0.5) is 5.69 Å². The second-order valence-electron chi connectivity index (χ2n) is 8.28. The molecule has 2 aromatic rings. The number of carbonyl (C=O) groups is 2. The fourth-order valence-corrected chi connectivity index (χ4v) is 5.71. The largest absolute Gasteiger partial charge is 0.481 e. The van der Waals surface area contributed by atoms with E-state index in [1.807, 2.05) is 6.92 Å². The first-order valence-electron chi connectivity index (χ1n) is 10.5. The molecular weight excluding hydrogens is 454 g/mol. The zero-order valence-corrected chi connectivity index (χ0v) is 18.8. The van der Waals surface area contributed by atoms with Crippen LogP contribution >= 0.6 is 0 Å². The van der Waals surface area contributed by atoms with Gasteiger partial charge in [0.1, 0.15) is 15.4 Å². The Hall–Kier alpha value is -3.19. The Labute approximate surface area is 189 Å². The highest BCUT2D eigenvalue weighted by Gasteiger charge is 2.41. The predicted molar refractivity (Wildman–Crippen MR) is 118 cm³/mol. The first-order chi connectivity index (χ1) is 15.6. The van der Waals surface area contributed by atoms with Crippen LogP contribution in [0.1, 0.15) is 38.2 Å². The van der Waals surface area contributed by atoms with Gasteiger partial charge in [0.25, 0.3) is 0 Å². The van der Waals surface area contributed by atoms with Gasteiger partial charge in [-0.05, 0) is 25.8 Å². The number of carboxylic acids is 2. The second kappa shape index (κ2) is 8.63. The molecule has 0 aliphatic carbocycles. The van der Waals surface area contributed by atoms with Crippen LogP contribution < -0.4 is 10.8 Å². The van der Waals surface area contributed by atoms with Gasteiger partial charge in [0, 0.05) is 24.3 Å². The molecule has 4 heterocycles. The third-order valence-corrected chi connectivity index (χ3v) is 7.55. The molecule has 0 atom stereocenters. The minimum Gasteiger partial charge on any atom is -0.481 e. The Balaban J connectivity index is 1.76. The molecule has 0 unspecified atom stereocenters. The number of sulfone groups is 1. The summed E-state index contributed by atoms with van der Waals surface area (Å²) in [7, 11) is -3.04. The first-order valence-corrected chi connectivity index (χ1v) is 12.4. The van der Waals surface area contributed by atoms with Crippen LogP contribution in [0.25, 0.3) is 16.7 Å². The van der Waals surface area contributed by atoms with Gasteiger partial charge in [0.2, 0.25) is 0 Å². The predicted octanol–water partition coefficient (Wildman–Crippen LogP) is 1.00. The molecule has 2 aromatic heterocycles. The highest BCUT2D eigenvalue weighted by atomic mass is 32.2. The van der Waals surface area contributed by atoms with Crippen molar-refractivity contribution in [1.82, 2.24) is 20.2 Å². The first kappa shape index (κ1) is 23.0. The molecule has 0 bridgehead atoms. The van der Waals surface area contributed by atoms with Crippen molar-refractivity contribution in [2.75, 3.05) is 16.8 Å². The maximum Gasteiger partial charge on any atom is 0.306 e. The number of aryl methyl sites for hydroxylation is 1. The zero-order valence-electron chi connectivity index (χ0n) is 17.9. The second-order valence-corrected chi connectivity index (χ2v) is 10.6. The molecule has 4 N–H and O–H groups in total. The van der Waals surface area contributed by atoms with E-state index in [0.717, 1.165) is 0 Å². The average molecular weight is 480 g/mol. The van der Waals surface area contributed by atoms with Crippen molar-refractivity contribution in [1.29, 1.82) is 0 Å². The molecule has 2 aliphatic rings. The number of nitrogens with one attached hydrogen (secondary N) is 2. The van der Waals surface area contributed by atoms with Crippen molar-refractivity contribution < 1.29 is 33.1 Å². The van der Waals surface area contributed by atoms with Gasteiger partial charge in [-0.25, -0.2) is 18.1 Å². The van der Waals surface area contributed by atoms with Gasteiger partial charge >= 0.3 is 11.9 Å². The van der Waals surface area contributed by atoms with Crippen molar-refractivity contribution >= 4 is 44.2 Å². The number of hydrogen-bond donors (Lipinski definition) is 4. The molecular formula is C20H25N5O7S. The van der Waals surface area contributed by atoms with E-state index < -0.39 is 40.2 Å². The zero-order chi connectivity index (χ0) is 23.8. The number of anilines is 1. The van der Waals surface area contributed by atoms with Crippen LogP contribution in [0.15, 0.2) is 18.5 Å². The minimum atomic E-state index is -3.04. The fraction of sp³-hybridized carbons (Fsp3) is 0.500. The summed E-state index contributed by atoms with van der Waals surface area (Å²) in [6.07, 6.45) is 4.51. The Kier molecular flexibility index (Phi) is 6.01. The number of hydroxylamine groups is 1. The molecule has 0 radical (unpaired) electrons.